The number of hydrogen-bond acceptors (Lipinski definition) is 3. The number of nitrogens with zero attached hydrogens (tertiary/aromatic N) is 1. The van der Waals surface area contributed by atoms with Crippen LogP contribution in [0.1, 0.15) is 11.3 Å². The topological polar surface area (TPSA) is 32.3 Å². The first-order valence-electron chi connectivity index (χ1n) is 6.72. The summed E-state index contributed by atoms with van der Waals surface area (Å²) < 4.78 is 0. The van der Waals surface area contributed by atoms with E-state index in [1.807, 2.05) is 6.07 Å². The summed E-state index contributed by atoms with van der Waals surface area (Å²) in [5.74, 6) is 0.161. The number of carbonyl (C=O) groups excluding carboxylic acids is 1. The lowest BCUT2D eigenvalue weighted by atomic mass is 10.2. The normalized spacial score (nSPS) is 10.5. The van der Waals surface area contributed by atoms with E-state index in [4.69, 9.17) is 0 Å². The fourth-order valence-corrected chi connectivity index (χ4v) is 2.84. The average Bonchev–Trinajstić information content (AvgIpc) is 2.93. The summed E-state index contributed by atoms with van der Waals surface area (Å²) in [6.45, 7) is 1.54. The molecule has 1 N–H and O–H groups in total. The van der Waals surface area contributed by atoms with Crippen molar-refractivity contribution in [3.63, 3.8) is 0 Å². The predicted octanol–water partition coefficient (Wildman–Crippen LogP) is 2.98. The lowest BCUT2D eigenvalue weighted by molar-refractivity contribution is -0.128. The van der Waals surface area contributed by atoms with E-state index in [1.165, 1.54) is 15.3 Å². The van der Waals surface area contributed by atoms with Crippen molar-refractivity contribution in [2.45, 2.75) is 13.0 Å². The van der Waals surface area contributed by atoms with Gasteiger partial charge in [0.25, 0.3) is 0 Å². The molecule has 0 atom stereocenters. The van der Waals surface area contributed by atoms with Crippen LogP contribution in [0.2, 0.25) is 0 Å². The second-order valence-electron chi connectivity index (χ2n) is 4.85. The zero-order chi connectivity index (χ0) is 14.4. The maximum absolute atomic E-state index is 11.4. The molecular formula is C16H20N2OS. The van der Waals surface area contributed by atoms with E-state index in [9.17, 15) is 4.79 Å². The molecule has 0 aliphatic heterocycles. The third-order valence-corrected chi connectivity index (χ3v) is 4.17. The zero-order valence-electron chi connectivity index (χ0n) is 11.9. The van der Waals surface area contributed by atoms with Crippen LogP contribution in [-0.4, -0.2) is 31.4 Å². The number of nitrogens with one attached hydrogen (secondary N) is 1. The molecule has 0 radical (unpaired) electrons. The van der Waals surface area contributed by atoms with Gasteiger partial charge in [-0.05, 0) is 17.7 Å². The van der Waals surface area contributed by atoms with E-state index in [1.54, 1.807) is 30.3 Å². The monoisotopic (exact) mass is 288 g/mol. The number of rotatable bonds is 6. The van der Waals surface area contributed by atoms with E-state index >= 15 is 0 Å². The molecule has 1 aromatic carbocycles. The van der Waals surface area contributed by atoms with Crippen LogP contribution in [0.5, 0.6) is 0 Å². The molecule has 0 bridgehead atoms. The van der Waals surface area contributed by atoms with Gasteiger partial charge in [0.1, 0.15) is 0 Å². The molecule has 0 aliphatic carbocycles. The van der Waals surface area contributed by atoms with Gasteiger partial charge in [0, 0.05) is 43.4 Å². The van der Waals surface area contributed by atoms with Gasteiger partial charge < -0.3 is 10.2 Å². The SMILES string of the molecule is CN(C)C(=O)CCNCc1ccc(-c2ccccc2)s1. The third-order valence-electron chi connectivity index (χ3n) is 3.03. The minimum absolute atomic E-state index is 0.161. The summed E-state index contributed by atoms with van der Waals surface area (Å²) in [5, 5.41) is 3.32. The third kappa shape index (κ3) is 4.18. The summed E-state index contributed by atoms with van der Waals surface area (Å²) in [4.78, 5) is 15.6. The Hall–Kier alpha value is -1.65. The highest BCUT2D eigenvalue weighted by Gasteiger charge is 2.04. The molecule has 1 amide bonds. The average molecular weight is 288 g/mol. The highest BCUT2D eigenvalue weighted by molar-refractivity contribution is 7.15. The first-order chi connectivity index (χ1) is 9.66. The Morgan fingerprint density at radius 2 is 1.90 bits per heavy atom. The molecule has 0 saturated carbocycles. The van der Waals surface area contributed by atoms with Crippen molar-refractivity contribution >= 4 is 17.2 Å². The van der Waals surface area contributed by atoms with Gasteiger partial charge in [-0.2, -0.15) is 0 Å². The quantitative estimate of drug-likeness (QED) is 0.829. The van der Waals surface area contributed by atoms with Gasteiger partial charge >= 0.3 is 0 Å². The van der Waals surface area contributed by atoms with E-state index in [0.29, 0.717) is 6.42 Å². The minimum atomic E-state index is 0.161. The van der Waals surface area contributed by atoms with Crippen LogP contribution in [0, 0.1) is 0 Å². The van der Waals surface area contributed by atoms with Crippen LogP contribution in [-0.2, 0) is 11.3 Å². The molecule has 2 aromatic rings. The Morgan fingerprint density at radius 1 is 1.15 bits per heavy atom. The highest BCUT2D eigenvalue weighted by atomic mass is 32.1. The first kappa shape index (κ1) is 14.8. The Kier molecular flexibility index (Phi) is 5.32. The molecule has 0 aliphatic rings. The van der Waals surface area contributed by atoms with Crippen LogP contribution in [0.3, 0.4) is 0 Å². The molecule has 3 nitrogen and oxygen atoms in total. The largest absolute Gasteiger partial charge is 0.349 e. The fraction of sp³-hybridized carbons (Fsp3) is 0.312. The van der Waals surface area contributed by atoms with Crippen LogP contribution in [0.15, 0.2) is 42.5 Å². The maximum Gasteiger partial charge on any atom is 0.223 e. The molecular weight excluding hydrogens is 268 g/mol. The number of hydrogen-bond donors (Lipinski definition) is 1. The predicted molar refractivity (Wildman–Crippen MR) is 84.8 cm³/mol. The maximum atomic E-state index is 11.4. The Balaban J connectivity index is 1.81. The van der Waals surface area contributed by atoms with Gasteiger partial charge in [0.05, 0.1) is 0 Å². The van der Waals surface area contributed by atoms with E-state index in [2.05, 4.69) is 41.7 Å². The van der Waals surface area contributed by atoms with Crippen molar-refractivity contribution < 1.29 is 4.79 Å². The lowest BCUT2D eigenvalue weighted by Crippen LogP contribution is -2.26. The van der Waals surface area contributed by atoms with Crippen LogP contribution in [0.4, 0.5) is 0 Å². The zero-order valence-corrected chi connectivity index (χ0v) is 12.7. The second kappa shape index (κ2) is 7.22. The molecule has 0 spiro atoms. The molecule has 2 rings (SSSR count). The Morgan fingerprint density at radius 3 is 2.60 bits per heavy atom. The van der Waals surface area contributed by atoms with Gasteiger partial charge in [0.2, 0.25) is 5.91 Å². The molecule has 1 aromatic heterocycles. The standard InChI is InChI=1S/C16H20N2OS/c1-18(2)16(19)10-11-17-12-14-8-9-15(20-14)13-6-4-3-5-7-13/h3-9,17H,10-12H2,1-2H3. The van der Waals surface area contributed by atoms with Crippen LogP contribution >= 0.6 is 11.3 Å². The fourth-order valence-electron chi connectivity index (χ4n) is 1.86. The van der Waals surface area contributed by atoms with Crippen molar-refractivity contribution in [3.8, 4) is 10.4 Å². The second-order valence-corrected chi connectivity index (χ2v) is 6.02. The number of carbonyl (C=O) groups is 1. The molecule has 4 heteroatoms. The highest BCUT2D eigenvalue weighted by Crippen LogP contribution is 2.27. The van der Waals surface area contributed by atoms with Gasteiger partial charge in [-0.25, -0.2) is 0 Å². The number of thiophene rings is 1. The van der Waals surface area contributed by atoms with Crippen LogP contribution < -0.4 is 5.32 Å². The number of amides is 1. The van der Waals surface area contributed by atoms with E-state index in [0.717, 1.165) is 13.1 Å². The molecule has 0 fully saturated rings. The summed E-state index contributed by atoms with van der Waals surface area (Å²) in [6.07, 6.45) is 0.546. The van der Waals surface area contributed by atoms with Crippen molar-refractivity contribution in [1.82, 2.24) is 10.2 Å². The van der Waals surface area contributed by atoms with Gasteiger partial charge in [-0.3, -0.25) is 4.79 Å². The molecule has 1 heterocycles. The Labute approximate surface area is 124 Å². The molecule has 20 heavy (non-hydrogen) atoms. The smallest absolute Gasteiger partial charge is 0.223 e. The van der Waals surface area contributed by atoms with Gasteiger partial charge in [-0.1, -0.05) is 30.3 Å². The molecule has 106 valence electrons. The van der Waals surface area contributed by atoms with Crippen molar-refractivity contribution in [2.24, 2.45) is 0 Å². The minimum Gasteiger partial charge on any atom is -0.349 e. The summed E-state index contributed by atoms with van der Waals surface area (Å²) >= 11 is 1.79. The lowest BCUT2D eigenvalue weighted by Gasteiger charge is -2.09. The van der Waals surface area contributed by atoms with E-state index < -0.39 is 0 Å². The van der Waals surface area contributed by atoms with Gasteiger partial charge in [0.15, 0.2) is 0 Å². The molecule has 0 saturated heterocycles. The summed E-state index contributed by atoms with van der Waals surface area (Å²) in [6, 6.07) is 14.7. The summed E-state index contributed by atoms with van der Waals surface area (Å²) in [7, 11) is 3.57. The number of benzene rings is 1. The van der Waals surface area contributed by atoms with Crippen molar-refractivity contribution in [2.75, 3.05) is 20.6 Å². The summed E-state index contributed by atoms with van der Waals surface area (Å²) in [5.41, 5.74) is 1.26. The first-order valence-corrected chi connectivity index (χ1v) is 7.53. The van der Waals surface area contributed by atoms with Crippen LogP contribution in [0.25, 0.3) is 10.4 Å². The Bertz CT molecular complexity index is 549. The van der Waals surface area contributed by atoms with Gasteiger partial charge in [-0.15, -0.1) is 11.3 Å². The van der Waals surface area contributed by atoms with Crippen molar-refractivity contribution in [1.29, 1.82) is 0 Å². The van der Waals surface area contributed by atoms with E-state index in [-0.39, 0.29) is 5.91 Å². The van der Waals surface area contributed by atoms with Crippen molar-refractivity contribution in [3.05, 3.63) is 47.3 Å². The molecule has 0 unspecified atom stereocenters.